The molecule has 0 saturated carbocycles. The van der Waals surface area contributed by atoms with E-state index in [2.05, 4.69) is 39.2 Å². The van der Waals surface area contributed by atoms with E-state index in [0.29, 0.717) is 5.95 Å². The molecule has 2 N–H and O–H groups in total. The van der Waals surface area contributed by atoms with Crippen LogP contribution in [0.4, 0.5) is 17.3 Å². The van der Waals surface area contributed by atoms with Gasteiger partial charge in [-0.25, -0.2) is 4.98 Å². The van der Waals surface area contributed by atoms with Gasteiger partial charge in [0, 0.05) is 36.2 Å². The third kappa shape index (κ3) is 3.47. The Hall–Kier alpha value is -2.30. The van der Waals surface area contributed by atoms with E-state index in [0.717, 1.165) is 37.3 Å². The van der Waals surface area contributed by atoms with Gasteiger partial charge in [-0.15, -0.1) is 0 Å². The molecule has 3 rings (SSSR count). The van der Waals surface area contributed by atoms with E-state index in [9.17, 15) is 4.79 Å². The Kier molecular flexibility index (Phi) is 4.42. The molecule has 0 amide bonds. The van der Waals surface area contributed by atoms with Crippen LogP contribution in [0.1, 0.15) is 31.9 Å². The highest BCUT2D eigenvalue weighted by atomic mass is 16.1. The number of hydrogen-bond donors (Lipinski definition) is 2. The van der Waals surface area contributed by atoms with Crippen LogP contribution in [0.15, 0.2) is 35.1 Å². The van der Waals surface area contributed by atoms with E-state index >= 15 is 0 Å². The van der Waals surface area contributed by atoms with Crippen LogP contribution in [-0.4, -0.2) is 23.1 Å². The summed E-state index contributed by atoms with van der Waals surface area (Å²) in [6.07, 6.45) is 4.33. The summed E-state index contributed by atoms with van der Waals surface area (Å²) in [7, 11) is 0. The van der Waals surface area contributed by atoms with Crippen LogP contribution >= 0.6 is 0 Å². The number of nitrogens with one attached hydrogen (secondary N) is 2. The highest BCUT2D eigenvalue weighted by molar-refractivity contribution is 5.59. The average molecular weight is 298 g/mol. The third-order valence-electron chi connectivity index (χ3n) is 3.90. The quantitative estimate of drug-likeness (QED) is 0.890. The average Bonchev–Trinajstić information content (AvgIpc) is 3.02. The molecule has 1 aliphatic rings. The Morgan fingerprint density at radius 2 is 1.95 bits per heavy atom. The summed E-state index contributed by atoms with van der Waals surface area (Å²) in [4.78, 5) is 21.2. The summed E-state index contributed by atoms with van der Waals surface area (Å²) in [5, 5.41) is 3.18. The standard InChI is InChI=1S/C17H22N4O/c1-2-5-14-12-16(22)20-17(19-14)18-13-6-8-15(9-7-13)21-10-3-4-11-21/h6-9,12H,2-5,10-11H2,1H3,(H2,18,19,20,22). The van der Waals surface area contributed by atoms with E-state index in [4.69, 9.17) is 0 Å². The largest absolute Gasteiger partial charge is 0.372 e. The number of H-pyrrole nitrogens is 1. The van der Waals surface area contributed by atoms with Crippen molar-refractivity contribution in [3.05, 3.63) is 46.4 Å². The van der Waals surface area contributed by atoms with Crippen LogP contribution in [0.25, 0.3) is 0 Å². The number of anilines is 3. The monoisotopic (exact) mass is 298 g/mol. The number of nitrogens with zero attached hydrogens (tertiary/aromatic N) is 2. The molecule has 2 heterocycles. The SMILES string of the molecule is CCCc1cc(=O)[nH]c(Nc2ccc(N3CCCC3)cc2)n1. The zero-order valence-corrected chi connectivity index (χ0v) is 12.9. The fourth-order valence-corrected chi connectivity index (χ4v) is 2.82. The lowest BCUT2D eigenvalue weighted by Crippen LogP contribution is -2.17. The summed E-state index contributed by atoms with van der Waals surface area (Å²) in [6, 6.07) is 9.84. The fraction of sp³-hybridized carbons (Fsp3) is 0.412. The normalized spacial score (nSPS) is 14.3. The summed E-state index contributed by atoms with van der Waals surface area (Å²) < 4.78 is 0. The van der Waals surface area contributed by atoms with Crippen molar-refractivity contribution in [3.8, 4) is 0 Å². The molecule has 0 unspecified atom stereocenters. The summed E-state index contributed by atoms with van der Waals surface area (Å²) in [5.41, 5.74) is 2.89. The Morgan fingerprint density at radius 1 is 1.23 bits per heavy atom. The number of aromatic amines is 1. The molecule has 1 fully saturated rings. The maximum Gasteiger partial charge on any atom is 0.252 e. The number of rotatable bonds is 5. The topological polar surface area (TPSA) is 61.0 Å². The predicted octanol–water partition coefficient (Wildman–Crippen LogP) is 3.07. The molecular formula is C17H22N4O. The van der Waals surface area contributed by atoms with E-state index in [1.54, 1.807) is 6.07 Å². The molecule has 1 aromatic carbocycles. The Labute approximate surface area is 130 Å². The van der Waals surface area contributed by atoms with Gasteiger partial charge in [-0.3, -0.25) is 9.78 Å². The first-order valence-corrected chi connectivity index (χ1v) is 7.97. The van der Waals surface area contributed by atoms with Crippen LogP contribution in [0.2, 0.25) is 0 Å². The smallest absolute Gasteiger partial charge is 0.252 e. The lowest BCUT2D eigenvalue weighted by Gasteiger charge is -2.17. The van der Waals surface area contributed by atoms with Crippen molar-refractivity contribution in [1.82, 2.24) is 9.97 Å². The fourth-order valence-electron chi connectivity index (χ4n) is 2.82. The van der Waals surface area contributed by atoms with Gasteiger partial charge < -0.3 is 10.2 Å². The molecule has 0 atom stereocenters. The minimum Gasteiger partial charge on any atom is -0.372 e. The highest BCUT2D eigenvalue weighted by Gasteiger charge is 2.11. The summed E-state index contributed by atoms with van der Waals surface area (Å²) in [6.45, 7) is 4.36. The molecule has 2 aromatic rings. The van der Waals surface area contributed by atoms with Gasteiger partial charge in [0.05, 0.1) is 0 Å². The first-order valence-electron chi connectivity index (χ1n) is 7.97. The van der Waals surface area contributed by atoms with Crippen LogP contribution in [0, 0.1) is 0 Å². The number of aromatic nitrogens is 2. The van der Waals surface area contributed by atoms with Gasteiger partial charge in [-0.1, -0.05) is 13.3 Å². The zero-order chi connectivity index (χ0) is 15.4. The van der Waals surface area contributed by atoms with Gasteiger partial charge >= 0.3 is 0 Å². The number of benzene rings is 1. The van der Waals surface area contributed by atoms with Gasteiger partial charge in [0.2, 0.25) is 5.95 Å². The van der Waals surface area contributed by atoms with Crippen LogP contribution in [-0.2, 0) is 6.42 Å². The van der Waals surface area contributed by atoms with Gasteiger partial charge in [-0.05, 0) is 43.5 Å². The van der Waals surface area contributed by atoms with E-state index in [-0.39, 0.29) is 5.56 Å². The highest BCUT2D eigenvalue weighted by Crippen LogP contribution is 2.22. The molecule has 22 heavy (non-hydrogen) atoms. The van der Waals surface area contributed by atoms with Crippen molar-refractivity contribution in [2.45, 2.75) is 32.6 Å². The van der Waals surface area contributed by atoms with Crippen molar-refractivity contribution < 1.29 is 0 Å². The second-order valence-corrected chi connectivity index (χ2v) is 5.70. The van der Waals surface area contributed by atoms with Crippen LogP contribution in [0.5, 0.6) is 0 Å². The maximum absolute atomic E-state index is 11.7. The van der Waals surface area contributed by atoms with Gasteiger partial charge in [-0.2, -0.15) is 0 Å². The zero-order valence-electron chi connectivity index (χ0n) is 12.9. The third-order valence-corrected chi connectivity index (χ3v) is 3.90. The maximum atomic E-state index is 11.7. The first-order chi connectivity index (χ1) is 10.7. The molecule has 5 heteroatoms. The van der Waals surface area contributed by atoms with Crippen molar-refractivity contribution in [2.24, 2.45) is 0 Å². The number of hydrogen-bond acceptors (Lipinski definition) is 4. The van der Waals surface area contributed by atoms with E-state index in [1.165, 1.54) is 18.5 Å². The van der Waals surface area contributed by atoms with E-state index in [1.807, 2.05) is 12.1 Å². The molecular weight excluding hydrogens is 276 g/mol. The predicted molar refractivity (Wildman–Crippen MR) is 90.0 cm³/mol. The minimum atomic E-state index is -0.116. The molecule has 1 aromatic heterocycles. The molecule has 0 aliphatic carbocycles. The lowest BCUT2D eigenvalue weighted by atomic mass is 10.2. The lowest BCUT2D eigenvalue weighted by molar-refractivity contribution is 0.870. The second-order valence-electron chi connectivity index (χ2n) is 5.70. The van der Waals surface area contributed by atoms with Gasteiger partial charge in [0.25, 0.3) is 5.56 Å². The molecule has 0 spiro atoms. The molecule has 5 nitrogen and oxygen atoms in total. The van der Waals surface area contributed by atoms with Crippen LogP contribution < -0.4 is 15.8 Å². The van der Waals surface area contributed by atoms with Crippen molar-refractivity contribution in [1.29, 1.82) is 0 Å². The van der Waals surface area contributed by atoms with Crippen molar-refractivity contribution in [2.75, 3.05) is 23.3 Å². The number of aryl methyl sites for hydroxylation is 1. The molecule has 0 bridgehead atoms. The summed E-state index contributed by atoms with van der Waals surface area (Å²) >= 11 is 0. The molecule has 0 radical (unpaired) electrons. The first kappa shape index (κ1) is 14.6. The Balaban J connectivity index is 1.74. The van der Waals surface area contributed by atoms with E-state index < -0.39 is 0 Å². The second kappa shape index (κ2) is 6.64. The van der Waals surface area contributed by atoms with Gasteiger partial charge in [0.1, 0.15) is 0 Å². The van der Waals surface area contributed by atoms with Crippen molar-refractivity contribution in [3.63, 3.8) is 0 Å². The minimum absolute atomic E-state index is 0.116. The van der Waals surface area contributed by atoms with Crippen molar-refractivity contribution >= 4 is 17.3 Å². The molecule has 1 saturated heterocycles. The Bertz CT molecular complexity index is 672. The Morgan fingerprint density at radius 3 is 2.64 bits per heavy atom. The molecule has 116 valence electrons. The van der Waals surface area contributed by atoms with Crippen LogP contribution in [0.3, 0.4) is 0 Å². The summed E-state index contributed by atoms with van der Waals surface area (Å²) in [5.74, 6) is 0.505. The van der Waals surface area contributed by atoms with Gasteiger partial charge in [0.15, 0.2) is 0 Å². The molecule has 1 aliphatic heterocycles.